The molecule has 1 aromatic heterocycles. The first-order valence-corrected chi connectivity index (χ1v) is 6.77. The van der Waals surface area contributed by atoms with Crippen molar-refractivity contribution in [3.8, 4) is 0 Å². The molecule has 1 aromatic carbocycles. The number of carbonyl (C=O) groups is 1. The van der Waals surface area contributed by atoms with Crippen LogP contribution in [0.4, 0.5) is 0 Å². The number of hydrogen-bond acceptors (Lipinski definition) is 2. The highest BCUT2D eigenvalue weighted by Gasteiger charge is 2.10. The van der Waals surface area contributed by atoms with Crippen molar-refractivity contribution in [2.24, 2.45) is 0 Å². The van der Waals surface area contributed by atoms with E-state index in [0.717, 1.165) is 12.0 Å². The number of nitrogens with one attached hydrogen (secondary N) is 1. The largest absolute Gasteiger partial charge is 0.465 e. The second-order valence-corrected chi connectivity index (χ2v) is 4.73. The Morgan fingerprint density at radius 3 is 2.65 bits per heavy atom. The molecule has 20 heavy (non-hydrogen) atoms. The SMILES string of the molecule is CCC(NC(=O)/C=C/c1ccco1)c1ccc(C)cc1. The molecule has 0 radical (unpaired) electrons. The molecule has 104 valence electrons. The van der Waals surface area contributed by atoms with E-state index < -0.39 is 0 Å². The molecular formula is C17H19NO2. The first-order chi connectivity index (χ1) is 9.69. The fourth-order valence-electron chi connectivity index (χ4n) is 1.98. The number of hydrogen-bond donors (Lipinski definition) is 1. The Balaban J connectivity index is 1.99. The molecule has 1 amide bonds. The zero-order valence-corrected chi connectivity index (χ0v) is 11.8. The number of benzene rings is 1. The standard InChI is InChI=1S/C17H19NO2/c1-3-16(14-8-6-13(2)7-9-14)18-17(19)11-10-15-5-4-12-20-15/h4-12,16H,3H2,1-2H3,(H,18,19)/b11-10+. The average molecular weight is 269 g/mol. The lowest BCUT2D eigenvalue weighted by Crippen LogP contribution is -2.26. The van der Waals surface area contributed by atoms with Crippen LogP contribution in [0.3, 0.4) is 0 Å². The molecule has 1 unspecified atom stereocenters. The summed E-state index contributed by atoms with van der Waals surface area (Å²) in [5.74, 6) is 0.553. The minimum Gasteiger partial charge on any atom is -0.465 e. The number of rotatable bonds is 5. The highest BCUT2D eigenvalue weighted by Crippen LogP contribution is 2.17. The second-order valence-electron chi connectivity index (χ2n) is 4.73. The van der Waals surface area contributed by atoms with Gasteiger partial charge in [-0.15, -0.1) is 0 Å². The maximum atomic E-state index is 11.9. The summed E-state index contributed by atoms with van der Waals surface area (Å²) in [5.41, 5.74) is 2.34. The lowest BCUT2D eigenvalue weighted by Gasteiger charge is -2.16. The predicted molar refractivity (Wildman–Crippen MR) is 80.1 cm³/mol. The van der Waals surface area contributed by atoms with Crippen molar-refractivity contribution in [1.29, 1.82) is 0 Å². The van der Waals surface area contributed by atoms with Gasteiger partial charge in [0.05, 0.1) is 12.3 Å². The Hall–Kier alpha value is -2.29. The van der Waals surface area contributed by atoms with Crippen LogP contribution in [0.5, 0.6) is 0 Å². The molecule has 0 saturated heterocycles. The van der Waals surface area contributed by atoms with Gasteiger partial charge in [0.15, 0.2) is 0 Å². The van der Waals surface area contributed by atoms with Crippen LogP contribution in [0.1, 0.15) is 36.3 Å². The molecule has 0 fully saturated rings. The minimum atomic E-state index is -0.117. The van der Waals surface area contributed by atoms with Crippen LogP contribution in [0.2, 0.25) is 0 Å². The van der Waals surface area contributed by atoms with Crippen molar-refractivity contribution in [3.05, 3.63) is 65.6 Å². The third-order valence-electron chi connectivity index (χ3n) is 3.15. The van der Waals surface area contributed by atoms with Gasteiger partial charge in [-0.3, -0.25) is 4.79 Å². The molecule has 3 nitrogen and oxygen atoms in total. The van der Waals surface area contributed by atoms with E-state index in [-0.39, 0.29) is 11.9 Å². The summed E-state index contributed by atoms with van der Waals surface area (Å²) in [7, 11) is 0. The van der Waals surface area contributed by atoms with E-state index in [0.29, 0.717) is 5.76 Å². The van der Waals surface area contributed by atoms with Crippen LogP contribution in [-0.2, 0) is 4.79 Å². The zero-order valence-electron chi connectivity index (χ0n) is 11.8. The highest BCUT2D eigenvalue weighted by atomic mass is 16.3. The summed E-state index contributed by atoms with van der Waals surface area (Å²) in [6, 6.07) is 11.9. The number of carbonyl (C=O) groups excluding carboxylic acids is 1. The van der Waals surface area contributed by atoms with Crippen molar-refractivity contribution in [1.82, 2.24) is 5.32 Å². The van der Waals surface area contributed by atoms with Gasteiger partial charge in [-0.25, -0.2) is 0 Å². The van der Waals surface area contributed by atoms with Gasteiger partial charge >= 0.3 is 0 Å². The van der Waals surface area contributed by atoms with Gasteiger partial charge in [-0.1, -0.05) is 36.8 Å². The Morgan fingerprint density at radius 1 is 1.30 bits per heavy atom. The molecule has 3 heteroatoms. The summed E-state index contributed by atoms with van der Waals surface area (Å²) < 4.78 is 5.15. The highest BCUT2D eigenvalue weighted by molar-refractivity contribution is 5.91. The molecule has 0 aliphatic rings. The van der Waals surface area contributed by atoms with Crippen LogP contribution in [-0.4, -0.2) is 5.91 Å². The molecule has 0 aliphatic carbocycles. The third kappa shape index (κ3) is 3.85. The molecule has 1 atom stereocenters. The number of aryl methyl sites for hydroxylation is 1. The lowest BCUT2D eigenvalue weighted by molar-refractivity contribution is -0.117. The lowest BCUT2D eigenvalue weighted by atomic mass is 10.0. The maximum absolute atomic E-state index is 11.9. The molecule has 1 heterocycles. The molecular weight excluding hydrogens is 250 g/mol. The predicted octanol–water partition coefficient (Wildman–Crippen LogP) is 3.87. The van der Waals surface area contributed by atoms with Crippen LogP contribution in [0, 0.1) is 6.92 Å². The number of amides is 1. The minimum absolute atomic E-state index is 0.0318. The topological polar surface area (TPSA) is 42.2 Å². The smallest absolute Gasteiger partial charge is 0.244 e. The maximum Gasteiger partial charge on any atom is 0.244 e. The van der Waals surface area contributed by atoms with Crippen molar-refractivity contribution in [2.75, 3.05) is 0 Å². The molecule has 2 aromatic rings. The van der Waals surface area contributed by atoms with Gasteiger partial charge in [-0.05, 0) is 37.1 Å². The molecule has 0 bridgehead atoms. The van der Waals surface area contributed by atoms with E-state index in [1.807, 2.05) is 0 Å². The molecule has 2 rings (SSSR count). The summed E-state index contributed by atoms with van der Waals surface area (Å²) in [6.07, 6.45) is 5.59. The van der Waals surface area contributed by atoms with Gasteiger partial charge in [0.25, 0.3) is 0 Å². The Labute approximate surface area is 119 Å². The van der Waals surface area contributed by atoms with Gasteiger partial charge in [0.2, 0.25) is 5.91 Å². The van der Waals surface area contributed by atoms with E-state index in [4.69, 9.17) is 4.42 Å². The Kier molecular flexibility index (Phi) is 4.77. The molecule has 0 saturated carbocycles. The Bertz CT molecular complexity index is 568. The summed E-state index contributed by atoms with van der Waals surface area (Å²) in [5, 5.41) is 3.00. The van der Waals surface area contributed by atoms with Crippen molar-refractivity contribution < 1.29 is 9.21 Å². The van der Waals surface area contributed by atoms with E-state index in [9.17, 15) is 4.79 Å². The normalized spacial score (nSPS) is 12.5. The number of furan rings is 1. The van der Waals surface area contributed by atoms with Gasteiger partial charge in [0, 0.05) is 6.08 Å². The monoisotopic (exact) mass is 269 g/mol. The summed E-state index contributed by atoms with van der Waals surface area (Å²) in [4.78, 5) is 11.9. The van der Waals surface area contributed by atoms with E-state index in [1.165, 1.54) is 11.6 Å². The molecule has 0 spiro atoms. The quantitative estimate of drug-likeness (QED) is 0.837. The summed E-state index contributed by atoms with van der Waals surface area (Å²) in [6.45, 7) is 4.11. The van der Waals surface area contributed by atoms with Crippen LogP contribution in [0.25, 0.3) is 6.08 Å². The molecule has 0 aliphatic heterocycles. The van der Waals surface area contributed by atoms with Crippen molar-refractivity contribution in [3.63, 3.8) is 0 Å². The van der Waals surface area contributed by atoms with Crippen LogP contribution in [0.15, 0.2) is 53.2 Å². The second kappa shape index (κ2) is 6.75. The van der Waals surface area contributed by atoms with Gasteiger partial charge in [-0.2, -0.15) is 0 Å². The first-order valence-electron chi connectivity index (χ1n) is 6.77. The summed E-state index contributed by atoms with van der Waals surface area (Å²) >= 11 is 0. The van der Waals surface area contributed by atoms with E-state index in [2.05, 4.69) is 43.4 Å². The van der Waals surface area contributed by atoms with Crippen LogP contribution >= 0.6 is 0 Å². The van der Waals surface area contributed by atoms with Crippen molar-refractivity contribution in [2.45, 2.75) is 26.3 Å². The zero-order chi connectivity index (χ0) is 14.4. The fourth-order valence-corrected chi connectivity index (χ4v) is 1.98. The Morgan fingerprint density at radius 2 is 2.05 bits per heavy atom. The average Bonchev–Trinajstić information content (AvgIpc) is 2.97. The van der Waals surface area contributed by atoms with Crippen molar-refractivity contribution >= 4 is 12.0 Å². The van der Waals surface area contributed by atoms with E-state index in [1.54, 1.807) is 24.5 Å². The van der Waals surface area contributed by atoms with E-state index >= 15 is 0 Å². The molecule has 1 N–H and O–H groups in total. The fraction of sp³-hybridized carbons (Fsp3) is 0.235. The van der Waals surface area contributed by atoms with Gasteiger partial charge < -0.3 is 9.73 Å². The van der Waals surface area contributed by atoms with Crippen LogP contribution < -0.4 is 5.32 Å². The van der Waals surface area contributed by atoms with Gasteiger partial charge in [0.1, 0.15) is 5.76 Å². The first kappa shape index (κ1) is 14.1. The third-order valence-corrected chi connectivity index (χ3v) is 3.15.